The second kappa shape index (κ2) is 6.05. The number of halogens is 2. The van der Waals surface area contributed by atoms with Gasteiger partial charge in [-0.25, -0.2) is 14.2 Å². The van der Waals surface area contributed by atoms with Crippen LogP contribution in [0.4, 0.5) is 14.9 Å². The van der Waals surface area contributed by atoms with Crippen molar-refractivity contribution in [2.75, 3.05) is 30.9 Å². The Labute approximate surface area is 139 Å². The maximum Gasteiger partial charge on any atom is 0.410 e. The van der Waals surface area contributed by atoms with Crippen molar-refractivity contribution in [3.05, 3.63) is 23.2 Å². The van der Waals surface area contributed by atoms with Crippen molar-refractivity contribution in [2.24, 2.45) is 0 Å². The van der Waals surface area contributed by atoms with Crippen molar-refractivity contribution >= 4 is 23.4 Å². The Balaban J connectivity index is 2.76. The first-order valence-corrected chi connectivity index (χ1v) is 6.31. The molecule has 0 saturated carbocycles. The van der Waals surface area contributed by atoms with E-state index in [4.69, 9.17) is 27.3 Å². The molecule has 1 saturated heterocycles. The Hall–Kier alpha value is -1.56. The van der Waals surface area contributed by atoms with Crippen molar-refractivity contribution in [1.29, 1.82) is 0 Å². The van der Waals surface area contributed by atoms with Crippen LogP contribution in [0.2, 0.25) is 5.15 Å². The monoisotopic (exact) mass is 323 g/mol. The molecule has 0 radical (unpaired) electrons. The topological polar surface area (TPSA) is 45.7 Å². The Kier molecular flexibility index (Phi) is 2.36. The van der Waals surface area contributed by atoms with Crippen LogP contribution in [0.15, 0.2) is 12.3 Å². The number of anilines is 1. The molecule has 0 bridgehead atoms. The lowest BCUT2D eigenvalue weighted by Gasteiger charge is -2.36. The van der Waals surface area contributed by atoms with Gasteiger partial charge in [0.15, 0.2) is 5.82 Å². The molecular formula is C14H19ClFN3O2. The number of amides is 1. The van der Waals surface area contributed by atoms with Crippen LogP contribution >= 0.6 is 11.6 Å². The smallest absolute Gasteiger partial charge is 0.410 e. The molecule has 1 aliphatic heterocycles. The van der Waals surface area contributed by atoms with Gasteiger partial charge in [-0.2, -0.15) is 0 Å². The molecule has 5 nitrogen and oxygen atoms in total. The van der Waals surface area contributed by atoms with Gasteiger partial charge in [0.1, 0.15) is 10.8 Å². The van der Waals surface area contributed by atoms with Gasteiger partial charge in [0.2, 0.25) is 0 Å². The second-order valence-corrected chi connectivity index (χ2v) is 5.44. The molecule has 21 heavy (non-hydrogen) atoms. The first-order valence-electron chi connectivity index (χ1n) is 9.93. The summed E-state index contributed by atoms with van der Waals surface area (Å²) in [6.45, 7) is -9.63. The number of piperazine rings is 1. The minimum absolute atomic E-state index is 0.0518. The van der Waals surface area contributed by atoms with Gasteiger partial charge in [0.25, 0.3) is 0 Å². The quantitative estimate of drug-likeness (QED) is 0.745. The lowest BCUT2D eigenvalue weighted by atomic mass is 10.2. The van der Waals surface area contributed by atoms with E-state index >= 15 is 0 Å². The molecule has 0 spiro atoms. The van der Waals surface area contributed by atoms with Crippen LogP contribution < -0.4 is 4.90 Å². The fourth-order valence-electron chi connectivity index (χ4n) is 1.35. The first kappa shape index (κ1) is 8.17. The van der Waals surface area contributed by atoms with Gasteiger partial charge < -0.3 is 14.5 Å². The average molecular weight is 324 g/mol. The number of carbonyl (C=O) groups excluding carboxylic acids is 1. The SMILES string of the molecule is [2H]C1([2H])N(C(=O)OC(C)(C)C)C([2H])([2H])C([2H])([2H])N(c2cc(Cl)ncc2F)C1([2H])[2H]. The predicted molar refractivity (Wildman–Crippen MR) is 79.2 cm³/mol. The summed E-state index contributed by atoms with van der Waals surface area (Å²) < 4.78 is 84.8. The zero-order valence-electron chi connectivity index (χ0n) is 19.6. The van der Waals surface area contributed by atoms with E-state index in [1.807, 2.05) is 0 Å². The number of hydrogen-bond acceptors (Lipinski definition) is 4. The van der Waals surface area contributed by atoms with Gasteiger partial charge >= 0.3 is 6.09 Å². The van der Waals surface area contributed by atoms with Crippen LogP contribution in [0, 0.1) is 5.82 Å². The third-order valence-electron chi connectivity index (χ3n) is 2.17. The summed E-state index contributed by atoms with van der Waals surface area (Å²) in [4.78, 5) is 15.7. The number of rotatable bonds is 1. The van der Waals surface area contributed by atoms with E-state index in [1.54, 1.807) is 0 Å². The highest BCUT2D eigenvalue weighted by Crippen LogP contribution is 2.23. The molecule has 2 rings (SSSR count). The first-order chi connectivity index (χ1) is 12.8. The van der Waals surface area contributed by atoms with E-state index in [2.05, 4.69) is 4.98 Å². The molecule has 2 heterocycles. The maximum atomic E-state index is 14.4. The van der Waals surface area contributed by atoms with E-state index in [0.717, 1.165) is 6.07 Å². The van der Waals surface area contributed by atoms with Crippen molar-refractivity contribution < 1.29 is 24.9 Å². The van der Waals surface area contributed by atoms with E-state index in [1.165, 1.54) is 20.8 Å². The van der Waals surface area contributed by atoms with Gasteiger partial charge in [0, 0.05) is 32.1 Å². The number of nitrogens with zero attached hydrogens (tertiary/aromatic N) is 3. The van der Waals surface area contributed by atoms with E-state index in [0.29, 0.717) is 6.20 Å². The predicted octanol–water partition coefficient (Wildman–Crippen LogP) is 2.93. The van der Waals surface area contributed by atoms with Crippen molar-refractivity contribution in [3.63, 3.8) is 0 Å². The van der Waals surface area contributed by atoms with E-state index < -0.39 is 49.2 Å². The lowest BCUT2D eigenvalue weighted by molar-refractivity contribution is 0.0240. The molecule has 1 aromatic rings. The molecule has 0 aliphatic carbocycles. The normalized spacial score (nSPS) is 31.3. The van der Waals surface area contributed by atoms with Crippen molar-refractivity contribution in [1.82, 2.24) is 9.88 Å². The van der Waals surface area contributed by atoms with Gasteiger partial charge in [-0.1, -0.05) is 11.6 Å². The highest BCUT2D eigenvalue weighted by atomic mass is 35.5. The molecular weight excluding hydrogens is 297 g/mol. The van der Waals surface area contributed by atoms with Gasteiger partial charge in [-0.15, -0.1) is 0 Å². The third kappa shape index (κ3) is 4.20. The van der Waals surface area contributed by atoms with Crippen LogP contribution in [0.1, 0.15) is 31.7 Å². The molecule has 0 N–H and O–H groups in total. The zero-order chi connectivity index (χ0) is 22.8. The average Bonchev–Trinajstić information content (AvgIpc) is 2.46. The molecule has 1 amide bonds. The second-order valence-electron chi connectivity index (χ2n) is 5.06. The molecule has 0 aromatic carbocycles. The Morgan fingerprint density at radius 3 is 2.62 bits per heavy atom. The molecule has 1 aliphatic rings. The minimum Gasteiger partial charge on any atom is -0.444 e. The fraction of sp³-hybridized carbons (Fsp3) is 0.571. The molecule has 0 unspecified atom stereocenters. The standard InChI is InChI=1S/C14H19ClFN3O2/c1-14(2,3)21-13(20)19-6-4-18(5-7-19)11-8-12(15)17-9-10(11)16/h8-9H,4-7H2,1-3H3/i4D2,5D2,6D2,7D2. The summed E-state index contributed by atoms with van der Waals surface area (Å²) >= 11 is 5.69. The third-order valence-corrected chi connectivity index (χ3v) is 2.37. The highest BCUT2D eigenvalue weighted by Gasteiger charge is 2.26. The molecule has 7 heteroatoms. The fourth-order valence-corrected chi connectivity index (χ4v) is 1.50. The Morgan fingerprint density at radius 2 is 2.05 bits per heavy atom. The minimum atomic E-state index is -3.49. The van der Waals surface area contributed by atoms with Gasteiger partial charge in [0.05, 0.1) is 22.9 Å². The molecule has 1 aromatic heterocycles. The van der Waals surface area contributed by atoms with Crippen molar-refractivity contribution in [3.8, 4) is 0 Å². The largest absolute Gasteiger partial charge is 0.444 e. The Bertz CT molecular complexity index is 806. The van der Waals surface area contributed by atoms with Gasteiger partial charge in [-0.05, 0) is 20.8 Å². The molecule has 1 fully saturated rings. The number of hydrogen-bond donors (Lipinski definition) is 0. The molecule has 0 atom stereocenters. The summed E-state index contributed by atoms with van der Waals surface area (Å²) in [5.41, 5.74) is -2.07. The van der Waals surface area contributed by atoms with Crippen LogP contribution in [-0.4, -0.2) is 47.6 Å². The summed E-state index contributed by atoms with van der Waals surface area (Å²) in [5, 5.41) is -0.358. The Morgan fingerprint density at radius 1 is 1.43 bits per heavy atom. The number of carbonyl (C=O) groups is 1. The van der Waals surface area contributed by atoms with E-state index in [9.17, 15) is 9.18 Å². The highest BCUT2D eigenvalue weighted by molar-refractivity contribution is 6.29. The summed E-state index contributed by atoms with van der Waals surface area (Å²) in [6, 6.07) is 0.738. The zero-order valence-corrected chi connectivity index (χ0v) is 12.3. The van der Waals surface area contributed by atoms with E-state index in [-0.39, 0.29) is 15.0 Å². The number of pyridine rings is 1. The van der Waals surface area contributed by atoms with Gasteiger partial charge in [-0.3, -0.25) is 0 Å². The van der Waals surface area contributed by atoms with Crippen LogP contribution in [0.5, 0.6) is 0 Å². The summed E-state index contributed by atoms with van der Waals surface area (Å²) in [7, 11) is 0. The number of aromatic nitrogens is 1. The summed E-state index contributed by atoms with van der Waals surface area (Å²) in [6.07, 6.45) is -1.05. The molecule has 116 valence electrons. The van der Waals surface area contributed by atoms with Crippen molar-refractivity contribution in [2.45, 2.75) is 26.4 Å². The maximum absolute atomic E-state index is 14.4. The van der Waals surface area contributed by atoms with Crippen LogP contribution in [0.3, 0.4) is 0 Å². The number of ether oxygens (including phenoxy) is 1. The summed E-state index contributed by atoms with van der Waals surface area (Å²) in [5.74, 6) is -1.26. The lowest BCUT2D eigenvalue weighted by Crippen LogP contribution is -2.50. The van der Waals surface area contributed by atoms with Crippen LogP contribution in [-0.2, 0) is 4.74 Å². The van der Waals surface area contributed by atoms with Crippen LogP contribution in [0.25, 0.3) is 0 Å².